The predicted octanol–water partition coefficient (Wildman–Crippen LogP) is 2.13. The number of likely N-dealkylation sites (tertiary alicyclic amines) is 1. The second kappa shape index (κ2) is 4.65. The minimum Gasteiger partial charge on any atom is -0.336 e. The van der Waals surface area contributed by atoms with Crippen LogP contribution in [0.1, 0.15) is 47.1 Å². The zero-order valence-corrected chi connectivity index (χ0v) is 11.4. The van der Waals surface area contributed by atoms with Crippen LogP contribution in [0.5, 0.6) is 0 Å². The number of fused-ring (bicyclic) bond motifs is 1. The second-order valence-electron chi connectivity index (χ2n) is 5.51. The van der Waals surface area contributed by atoms with Gasteiger partial charge in [-0.25, -0.2) is 14.1 Å². The first-order valence-electron chi connectivity index (χ1n) is 7.19. The van der Waals surface area contributed by atoms with Crippen LogP contribution in [-0.2, 0) is 0 Å². The summed E-state index contributed by atoms with van der Waals surface area (Å²) in [7, 11) is 0. The summed E-state index contributed by atoms with van der Waals surface area (Å²) in [5.41, 5.74) is 0.992. The molecule has 6 heteroatoms. The van der Waals surface area contributed by atoms with Crippen LogP contribution in [-0.4, -0.2) is 38.7 Å². The fourth-order valence-electron chi connectivity index (χ4n) is 2.88. The summed E-state index contributed by atoms with van der Waals surface area (Å²) in [5.74, 6) is 0.197. The summed E-state index contributed by atoms with van der Waals surface area (Å²) in [6, 6.07) is 9.48. The van der Waals surface area contributed by atoms with E-state index >= 15 is 0 Å². The Morgan fingerprint density at radius 1 is 1.24 bits per heavy atom. The number of rotatable bonds is 2. The Kier molecular flexibility index (Phi) is 2.77. The lowest BCUT2D eigenvalue weighted by atomic mass is 10.0. The van der Waals surface area contributed by atoms with Gasteiger partial charge in [-0.2, -0.15) is 0 Å². The highest BCUT2D eigenvalue weighted by Gasteiger charge is 2.37. The predicted molar refractivity (Wildman–Crippen MR) is 73.6 cm³/mol. The number of halogens is 1. The molecule has 2 atom stereocenters. The molecule has 0 spiro atoms. The van der Waals surface area contributed by atoms with Gasteiger partial charge in [0.25, 0.3) is 5.91 Å². The summed E-state index contributed by atoms with van der Waals surface area (Å²) in [5, 5.41) is 4.28. The van der Waals surface area contributed by atoms with Gasteiger partial charge in [-0.3, -0.25) is 4.79 Å². The van der Waals surface area contributed by atoms with Crippen molar-refractivity contribution in [3.63, 3.8) is 0 Å². The van der Waals surface area contributed by atoms with Gasteiger partial charge in [0.15, 0.2) is 12.0 Å². The molecule has 1 aromatic carbocycles. The Balaban J connectivity index is 1.69. The Bertz CT molecular complexity index is 680. The first-order chi connectivity index (χ1) is 10.2. The molecule has 0 saturated carbocycles. The summed E-state index contributed by atoms with van der Waals surface area (Å²) in [6.45, 7) is 1.48. The SMILES string of the molecule is O=C(c1nc2n(n1)C(c1ccccc1)C[C@H]2F)N1CCC1. The minimum atomic E-state index is -1.17. The zero-order valence-electron chi connectivity index (χ0n) is 11.4. The molecule has 108 valence electrons. The Labute approximate surface area is 121 Å². The lowest BCUT2D eigenvalue weighted by molar-refractivity contribution is 0.0638. The molecule has 2 aromatic rings. The van der Waals surface area contributed by atoms with E-state index in [1.54, 1.807) is 9.58 Å². The maximum Gasteiger partial charge on any atom is 0.293 e. The number of amides is 1. The highest BCUT2D eigenvalue weighted by atomic mass is 19.1. The van der Waals surface area contributed by atoms with Crippen molar-refractivity contribution in [3.8, 4) is 0 Å². The number of hydrogen-bond donors (Lipinski definition) is 0. The number of nitrogens with zero attached hydrogens (tertiary/aromatic N) is 4. The van der Waals surface area contributed by atoms with Crippen molar-refractivity contribution in [2.24, 2.45) is 0 Å². The van der Waals surface area contributed by atoms with E-state index in [0.29, 0.717) is 6.42 Å². The molecule has 5 nitrogen and oxygen atoms in total. The van der Waals surface area contributed by atoms with Gasteiger partial charge >= 0.3 is 0 Å². The van der Waals surface area contributed by atoms with E-state index in [-0.39, 0.29) is 23.6 Å². The summed E-state index contributed by atoms with van der Waals surface area (Å²) >= 11 is 0. The first-order valence-corrected chi connectivity index (χ1v) is 7.19. The Morgan fingerprint density at radius 2 is 2.00 bits per heavy atom. The molecule has 0 radical (unpaired) electrons. The Hall–Kier alpha value is -2.24. The third kappa shape index (κ3) is 1.93. The minimum absolute atomic E-state index is 0.119. The van der Waals surface area contributed by atoms with Crippen molar-refractivity contribution in [1.29, 1.82) is 0 Å². The lowest BCUT2D eigenvalue weighted by Crippen LogP contribution is -2.42. The molecule has 0 aliphatic carbocycles. The van der Waals surface area contributed by atoms with Crippen LogP contribution < -0.4 is 0 Å². The lowest BCUT2D eigenvalue weighted by Gasteiger charge is -2.29. The fourth-order valence-corrected chi connectivity index (χ4v) is 2.88. The molecule has 21 heavy (non-hydrogen) atoms. The molecule has 1 amide bonds. The van der Waals surface area contributed by atoms with Crippen LogP contribution in [0.15, 0.2) is 30.3 Å². The summed E-state index contributed by atoms with van der Waals surface area (Å²) in [4.78, 5) is 18.0. The molecule has 0 N–H and O–H groups in total. The summed E-state index contributed by atoms with van der Waals surface area (Å²) < 4.78 is 15.8. The topological polar surface area (TPSA) is 51.0 Å². The van der Waals surface area contributed by atoms with E-state index in [4.69, 9.17) is 0 Å². The van der Waals surface area contributed by atoms with Crippen LogP contribution in [0.3, 0.4) is 0 Å². The van der Waals surface area contributed by atoms with Crippen LogP contribution >= 0.6 is 0 Å². The maximum absolute atomic E-state index is 14.2. The van der Waals surface area contributed by atoms with E-state index < -0.39 is 6.17 Å². The van der Waals surface area contributed by atoms with Crippen LogP contribution in [0, 0.1) is 0 Å². The molecule has 1 saturated heterocycles. The van der Waals surface area contributed by atoms with Crippen molar-refractivity contribution in [2.75, 3.05) is 13.1 Å². The normalized spacial score (nSPS) is 23.8. The smallest absolute Gasteiger partial charge is 0.293 e. The van der Waals surface area contributed by atoms with E-state index in [1.165, 1.54) is 0 Å². The number of carbonyl (C=O) groups excluding carboxylic acids is 1. The van der Waals surface area contributed by atoms with E-state index in [0.717, 1.165) is 25.1 Å². The van der Waals surface area contributed by atoms with Crippen molar-refractivity contribution >= 4 is 5.91 Å². The highest BCUT2D eigenvalue weighted by Crippen LogP contribution is 2.39. The van der Waals surface area contributed by atoms with Gasteiger partial charge < -0.3 is 4.90 Å². The second-order valence-corrected chi connectivity index (χ2v) is 5.51. The highest BCUT2D eigenvalue weighted by molar-refractivity contribution is 5.90. The van der Waals surface area contributed by atoms with Crippen molar-refractivity contribution < 1.29 is 9.18 Å². The number of hydrogen-bond acceptors (Lipinski definition) is 3. The quantitative estimate of drug-likeness (QED) is 0.849. The molecule has 1 aromatic heterocycles. The van der Waals surface area contributed by atoms with E-state index in [2.05, 4.69) is 10.1 Å². The molecular weight excluding hydrogens is 271 g/mol. The van der Waals surface area contributed by atoms with Crippen molar-refractivity contribution in [1.82, 2.24) is 19.7 Å². The van der Waals surface area contributed by atoms with Gasteiger partial charge in [0.05, 0.1) is 6.04 Å². The van der Waals surface area contributed by atoms with Crippen molar-refractivity contribution in [2.45, 2.75) is 25.1 Å². The van der Waals surface area contributed by atoms with Crippen molar-refractivity contribution in [3.05, 3.63) is 47.5 Å². The third-order valence-electron chi connectivity index (χ3n) is 4.18. The maximum atomic E-state index is 14.2. The first kappa shape index (κ1) is 12.5. The average molecular weight is 286 g/mol. The number of carbonyl (C=O) groups is 1. The molecule has 4 rings (SSSR count). The van der Waals surface area contributed by atoms with Gasteiger partial charge in [0.1, 0.15) is 0 Å². The standard InChI is InChI=1S/C15H15FN4O/c16-11-9-12(10-5-2-1-3-6-10)20-14(11)17-13(18-20)15(21)19-7-4-8-19/h1-3,5-6,11-12H,4,7-9H2/t11-,12?/m1/s1. The van der Waals surface area contributed by atoms with Gasteiger partial charge in [-0.1, -0.05) is 30.3 Å². The molecule has 2 aliphatic heterocycles. The van der Waals surface area contributed by atoms with Gasteiger partial charge in [0, 0.05) is 19.5 Å². The number of aromatic nitrogens is 3. The average Bonchev–Trinajstić information content (AvgIpc) is 2.99. The largest absolute Gasteiger partial charge is 0.336 e. The monoisotopic (exact) mass is 286 g/mol. The molecule has 3 heterocycles. The van der Waals surface area contributed by atoms with Gasteiger partial charge in [0.2, 0.25) is 5.82 Å². The zero-order chi connectivity index (χ0) is 14.4. The molecular formula is C15H15FN4O. The molecule has 2 aliphatic rings. The number of alkyl halides is 1. The molecule has 1 unspecified atom stereocenters. The van der Waals surface area contributed by atoms with E-state index in [9.17, 15) is 9.18 Å². The van der Waals surface area contributed by atoms with E-state index in [1.807, 2.05) is 30.3 Å². The third-order valence-corrected chi connectivity index (χ3v) is 4.18. The summed E-state index contributed by atoms with van der Waals surface area (Å²) in [6.07, 6.45) is 0.176. The van der Waals surface area contributed by atoms with Crippen LogP contribution in [0.4, 0.5) is 4.39 Å². The van der Waals surface area contributed by atoms with Gasteiger partial charge in [-0.15, -0.1) is 5.10 Å². The Morgan fingerprint density at radius 3 is 2.67 bits per heavy atom. The fraction of sp³-hybridized carbons (Fsp3) is 0.400. The van der Waals surface area contributed by atoms with Crippen LogP contribution in [0.2, 0.25) is 0 Å². The van der Waals surface area contributed by atoms with Gasteiger partial charge in [-0.05, 0) is 12.0 Å². The molecule has 0 bridgehead atoms. The number of benzene rings is 1. The molecule has 1 fully saturated rings. The van der Waals surface area contributed by atoms with Crippen LogP contribution in [0.25, 0.3) is 0 Å².